The SMILES string of the molecule is CC[C@H](C)COc1ccc2ncc(-c3cc4c(OC)nccc4o3)n2n1. The number of methoxy groups -OCH3 is 1. The van der Waals surface area contributed by atoms with Crippen LogP contribution in [0.4, 0.5) is 0 Å². The summed E-state index contributed by atoms with van der Waals surface area (Å²) >= 11 is 0. The Kier molecular flexibility index (Phi) is 4.20. The molecular formula is C19H20N4O3. The highest BCUT2D eigenvalue weighted by Gasteiger charge is 2.15. The highest BCUT2D eigenvalue weighted by Crippen LogP contribution is 2.32. The Bertz CT molecular complexity index is 1050. The van der Waals surface area contributed by atoms with Gasteiger partial charge in [-0.25, -0.2) is 14.5 Å². The zero-order valence-corrected chi connectivity index (χ0v) is 15.0. The van der Waals surface area contributed by atoms with Crippen LogP contribution in [0, 0.1) is 5.92 Å². The van der Waals surface area contributed by atoms with Gasteiger partial charge in [-0.3, -0.25) is 0 Å². The zero-order valence-electron chi connectivity index (χ0n) is 15.0. The molecule has 7 nitrogen and oxygen atoms in total. The quantitative estimate of drug-likeness (QED) is 0.523. The van der Waals surface area contributed by atoms with Crippen LogP contribution in [0.1, 0.15) is 20.3 Å². The van der Waals surface area contributed by atoms with E-state index < -0.39 is 0 Å². The van der Waals surface area contributed by atoms with Crippen molar-refractivity contribution in [3.63, 3.8) is 0 Å². The van der Waals surface area contributed by atoms with Crippen molar-refractivity contribution < 1.29 is 13.9 Å². The molecule has 134 valence electrons. The smallest absolute Gasteiger partial charge is 0.231 e. The fraction of sp³-hybridized carbons (Fsp3) is 0.316. The molecule has 26 heavy (non-hydrogen) atoms. The normalized spacial score (nSPS) is 12.6. The third-order valence-electron chi connectivity index (χ3n) is 4.41. The first-order valence-electron chi connectivity index (χ1n) is 8.60. The number of fused-ring (bicyclic) bond motifs is 2. The molecule has 7 heteroatoms. The molecular weight excluding hydrogens is 332 g/mol. The maximum Gasteiger partial charge on any atom is 0.231 e. The molecule has 0 saturated heterocycles. The molecule has 0 spiro atoms. The molecule has 1 atom stereocenters. The average molecular weight is 352 g/mol. The summed E-state index contributed by atoms with van der Waals surface area (Å²) in [5.74, 6) is 2.21. The van der Waals surface area contributed by atoms with Crippen molar-refractivity contribution >= 4 is 16.6 Å². The van der Waals surface area contributed by atoms with Gasteiger partial charge in [0.25, 0.3) is 0 Å². The van der Waals surface area contributed by atoms with Crippen LogP contribution in [-0.4, -0.2) is 33.3 Å². The Morgan fingerprint density at radius 3 is 2.92 bits per heavy atom. The summed E-state index contributed by atoms with van der Waals surface area (Å²) in [6.45, 7) is 4.92. The van der Waals surface area contributed by atoms with Crippen molar-refractivity contribution in [1.82, 2.24) is 19.6 Å². The topological polar surface area (TPSA) is 74.7 Å². The van der Waals surface area contributed by atoms with Crippen LogP contribution in [0.15, 0.2) is 41.1 Å². The summed E-state index contributed by atoms with van der Waals surface area (Å²) in [5.41, 5.74) is 2.17. The molecule has 0 N–H and O–H groups in total. The maximum absolute atomic E-state index is 5.96. The van der Waals surface area contributed by atoms with Gasteiger partial charge in [-0.05, 0) is 18.1 Å². The molecule has 0 aliphatic carbocycles. The summed E-state index contributed by atoms with van der Waals surface area (Å²) in [6, 6.07) is 7.41. The summed E-state index contributed by atoms with van der Waals surface area (Å²) in [5, 5.41) is 5.37. The molecule has 0 aliphatic heterocycles. The lowest BCUT2D eigenvalue weighted by Gasteiger charge is -2.10. The van der Waals surface area contributed by atoms with Crippen LogP contribution in [0.25, 0.3) is 28.1 Å². The molecule has 0 aliphatic rings. The second-order valence-corrected chi connectivity index (χ2v) is 6.25. The Balaban J connectivity index is 1.74. The molecule has 0 saturated carbocycles. The number of ether oxygens (including phenoxy) is 2. The summed E-state index contributed by atoms with van der Waals surface area (Å²) < 4.78 is 18.8. The van der Waals surface area contributed by atoms with Crippen molar-refractivity contribution in [3.05, 3.63) is 36.7 Å². The van der Waals surface area contributed by atoms with Crippen molar-refractivity contribution in [3.8, 4) is 23.2 Å². The Labute approximate surface area is 150 Å². The third-order valence-corrected chi connectivity index (χ3v) is 4.41. The number of imidazole rings is 1. The van der Waals surface area contributed by atoms with E-state index in [4.69, 9.17) is 13.9 Å². The van der Waals surface area contributed by atoms with Crippen molar-refractivity contribution in [2.24, 2.45) is 5.92 Å². The van der Waals surface area contributed by atoms with Gasteiger partial charge in [0.1, 0.15) is 11.3 Å². The minimum atomic E-state index is 0.477. The molecule has 4 aromatic heterocycles. The number of pyridine rings is 1. The van der Waals surface area contributed by atoms with Crippen LogP contribution >= 0.6 is 0 Å². The largest absolute Gasteiger partial charge is 0.480 e. The number of nitrogens with zero attached hydrogens (tertiary/aromatic N) is 4. The van der Waals surface area contributed by atoms with E-state index in [-0.39, 0.29) is 0 Å². The summed E-state index contributed by atoms with van der Waals surface area (Å²) in [6.07, 6.45) is 4.45. The van der Waals surface area contributed by atoms with Gasteiger partial charge in [-0.2, -0.15) is 0 Å². The van der Waals surface area contributed by atoms with Crippen LogP contribution in [0.2, 0.25) is 0 Å². The average Bonchev–Trinajstić information content (AvgIpc) is 3.28. The predicted octanol–water partition coefficient (Wildman–Crippen LogP) is 3.97. The molecule has 4 heterocycles. The maximum atomic E-state index is 5.96. The van der Waals surface area contributed by atoms with Gasteiger partial charge in [-0.15, -0.1) is 5.10 Å². The van der Waals surface area contributed by atoms with E-state index in [2.05, 4.69) is 28.9 Å². The lowest BCUT2D eigenvalue weighted by molar-refractivity contribution is 0.244. The van der Waals surface area contributed by atoms with E-state index >= 15 is 0 Å². The number of furan rings is 1. The number of aromatic nitrogens is 4. The van der Waals surface area contributed by atoms with Crippen LogP contribution in [0.3, 0.4) is 0 Å². The van der Waals surface area contributed by atoms with Gasteiger partial charge >= 0.3 is 0 Å². The van der Waals surface area contributed by atoms with Gasteiger partial charge in [-0.1, -0.05) is 20.3 Å². The molecule has 4 rings (SSSR count). The van der Waals surface area contributed by atoms with Crippen LogP contribution in [-0.2, 0) is 0 Å². The van der Waals surface area contributed by atoms with Crippen LogP contribution < -0.4 is 9.47 Å². The number of hydrogen-bond acceptors (Lipinski definition) is 6. The van der Waals surface area contributed by atoms with E-state index in [1.54, 1.807) is 30.1 Å². The second kappa shape index (κ2) is 6.67. The highest BCUT2D eigenvalue weighted by molar-refractivity contribution is 5.86. The molecule has 0 unspecified atom stereocenters. The summed E-state index contributed by atoms with van der Waals surface area (Å²) in [4.78, 5) is 8.60. The number of rotatable bonds is 6. The Hall–Kier alpha value is -3.09. The second-order valence-electron chi connectivity index (χ2n) is 6.25. The third kappa shape index (κ3) is 2.85. The lowest BCUT2D eigenvalue weighted by Crippen LogP contribution is -2.09. The summed E-state index contributed by atoms with van der Waals surface area (Å²) in [7, 11) is 1.59. The minimum absolute atomic E-state index is 0.477. The van der Waals surface area contributed by atoms with Crippen molar-refractivity contribution in [1.29, 1.82) is 0 Å². The first-order valence-corrected chi connectivity index (χ1v) is 8.60. The number of hydrogen-bond donors (Lipinski definition) is 0. The Morgan fingerprint density at radius 2 is 2.12 bits per heavy atom. The fourth-order valence-electron chi connectivity index (χ4n) is 2.67. The predicted molar refractivity (Wildman–Crippen MR) is 97.5 cm³/mol. The fourth-order valence-corrected chi connectivity index (χ4v) is 2.67. The van der Waals surface area contributed by atoms with Gasteiger partial charge in [0, 0.05) is 18.3 Å². The zero-order chi connectivity index (χ0) is 18.1. The van der Waals surface area contributed by atoms with Gasteiger partial charge < -0.3 is 13.9 Å². The van der Waals surface area contributed by atoms with Crippen molar-refractivity contribution in [2.45, 2.75) is 20.3 Å². The molecule has 4 aromatic rings. The Morgan fingerprint density at radius 1 is 1.23 bits per heavy atom. The van der Waals surface area contributed by atoms with Crippen LogP contribution in [0.5, 0.6) is 11.8 Å². The molecule has 0 fully saturated rings. The minimum Gasteiger partial charge on any atom is -0.480 e. The van der Waals surface area contributed by atoms with E-state index in [0.717, 1.165) is 23.1 Å². The van der Waals surface area contributed by atoms with Crippen molar-refractivity contribution in [2.75, 3.05) is 13.7 Å². The molecule has 0 bridgehead atoms. The van der Waals surface area contributed by atoms with E-state index in [0.29, 0.717) is 35.6 Å². The van der Waals surface area contributed by atoms with E-state index in [1.165, 1.54) is 0 Å². The van der Waals surface area contributed by atoms with E-state index in [9.17, 15) is 0 Å². The molecule has 0 radical (unpaired) electrons. The first-order chi connectivity index (χ1) is 12.7. The van der Waals surface area contributed by atoms with Gasteiger partial charge in [0.15, 0.2) is 11.4 Å². The van der Waals surface area contributed by atoms with Gasteiger partial charge in [0.2, 0.25) is 11.8 Å². The highest BCUT2D eigenvalue weighted by atomic mass is 16.5. The first kappa shape index (κ1) is 16.4. The molecule has 0 aromatic carbocycles. The van der Waals surface area contributed by atoms with Gasteiger partial charge in [0.05, 0.1) is 25.3 Å². The molecule has 0 amide bonds. The standard InChI is InChI=1S/C19H20N4O3/c1-4-12(2)11-25-18-6-5-17-21-10-14(23(17)22-18)16-9-13-15(26-16)7-8-20-19(13)24-3/h5-10,12H,4,11H2,1-3H3/t12-/m0/s1. The van der Waals surface area contributed by atoms with E-state index in [1.807, 2.05) is 18.2 Å². The monoisotopic (exact) mass is 352 g/mol. The lowest BCUT2D eigenvalue weighted by atomic mass is 10.1.